The van der Waals surface area contributed by atoms with E-state index in [-0.39, 0.29) is 6.07 Å². The Balaban J connectivity index is 2.92. The lowest BCUT2D eigenvalue weighted by molar-refractivity contribution is -0.142. The largest absolute Gasteiger partial charge is 0.477 e. The number of halogens is 6. The minimum Gasteiger partial charge on any atom is -0.477 e. The van der Waals surface area contributed by atoms with Gasteiger partial charge in [-0.25, -0.2) is 4.79 Å². The van der Waals surface area contributed by atoms with Crippen LogP contribution in [0.4, 0.5) is 26.3 Å². The van der Waals surface area contributed by atoms with E-state index in [1.54, 1.807) is 0 Å². The third-order valence-corrected chi connectivity index (χ3v) is 3.01. The van der Waals surface area contributed by atoms with Crippen LogP contribution in [0.15, 0.2) is 18.2 Å². The summed E-state index contributed by atoms with van der Waals surface area (Å²) in [5.74, 6) is -1.53. The zero-order valence-corrected chi connectivity index (χ0v) is 10.3. The molecule has 9 heteroatoms. The van der Waals surface area contributed by atoms with Crippen LogP contribution in [0.5, 0.6) is 0 Å². The van der Waals surface area contributed by atoms with Crippen molar-refractivity contribution in [1.82, 2.24) is 4.57 Å². The Morgan fingerprint density at radius 2 is 1.62 bits per heavy atom. The molecule has 0 saturated carbocycles. The molecule has 0 fully saturated rings. The zero-order chi connectivity index (χ0) is 16.2. The number of nitrogens with zero attached hydrogens (tertiary/aromatic N) is 1. The van der Waals surface area contributed by atoms with Crippen LogP contribution < -0.4 is 0 Å². The van der Waals surface area contributed by atoms with Gasteiger partial charge < -0.3 is 9.67 Å². The first-order chi connectivity index (χ1) is 9.43. The number of carbonyl (C=O) groups is 1. The molecule has 0 aliphatic carbocycles. The van der Waals surface area contributed by atoms with Gasteiger partial charge in [0.2, 0.25) is 0 Å². The topological polar surface area (TPSA) is 42.2 Å². The number of aromatic nitrogens is 1. The molecule has 1 N–H and O–H groups in total. The van der Waals surface area contributed by atoms with Gasteiger partial charge in [-0.3, -0.25) is 0 Å². The van der Waals surface area contributed by atoms with E-state index in [2.05, 4.69) is 0 Å². The second-order valence-electron chi connectivity index (χ2n) is 4.35. The maximum Gasteiger partial charge on any atom is 0.417 e. The van der Waals surface area contributed by atoms with Crippen LogP contribution in [-0.2, 0) is 19.4 Å². The van der Waals surface area contributed by atoms with Crippen molar-refractivity contribution in [2.24, 2.45) is 7.05 Å². The van der Waals surface area contributed by atoms with Crippen LogP contribution in [0.3, 0.4) is 0 Å². The van der Waals surface area contributed by atoms with Crippen LogP contribution in [0, 0.1) is 0 Å². The third-order valence-electron chi connectivity index (χ3n) is 3.01. The van der Waals surface area contributed by atoms with Crippen molar-refractivity contribution in [3.8, 4) is 0 Å². The normalized spacial score (nSPS) is 12.9. The van der Waals surface area contributed by atoms with E-state index in [1.807, 2.05) is 0 Å². The fourth-order valence-electron chi connectivity index (χ4n) is 2.03. The van der Waals surface area contributed by atoms with Crippen molar-refractivity contribution in [2.75, 3.05) is 0 Å². The van der Waals surface area contributed by atoms with Gasteiger partial charge in [-0.2, -0.15) is 26.3 Å². The number of carboxylic acid groups (broad SMARTS) is 1. The number of hydrogen-bond acceptors (Lipinski definition) is 1. The Bertz CT molecular complexity index is 726. The quantitative estimate of drug-likeness (QED) is 0.811. The minimum absolute atomic E-state index is 0.0199. The summed E-state index contributed by atoms with van der Waals surface area (Å²) in [6.45, 7) is 0. The highest BCUT2D eigenvalue weighted by Crippen LogP contribution is 2.40. The van der Waals surface area contributed by atoms with E-state index in [9.17, 15) is 31.1 Å². The second-order valence-corrected chi connectivity index (χ2v) is 4.35. The number of aromatic carboxylic acids is 1. The summed E-state index contributed by atoms with van der Waals surface area (Å²) in [6.07, 6.45) is -10.0. The number of alkyl halides is 6. The smallest absolute Gasteiger partial charge is 0.417 e. The van der Waals surface area contributed by atoms with Gasteiger partial charge in [0.25, 0.3) is 0 Å². The van der Waals surface area contributed by atoms with Gasteiger partial charge in [0.1, 0.15) is 5.69 Å². The fourth-order valence-corrected chi connectivity index (χ4v) is 2.03. The van der Waals surface area contributed by atoms with Gasteiger partial charge in [0.15, 0.2) is 0 Å². The van der Waals surface area contributed by atoms with Crippen LogP contribution in [-0.4, -0.2) is 15.6 Å². The number of rotatable bonds is 1. The molecule has 0 amide bonds. The van der Waals surface area contributed by atoms with Gasteiger partial charge in [0.05, 0.1) is 11.1 Å². The Kier molecular flexibility index (Phi) is 3.19. The molecule has 1 aromatic carbocycles. The van der Waals surface area contributed by atoms with E-state index in [0.29, 0.717) is 12.1 Å². The number of hydrogen-bond donors (Lipinski definition) is 1. The van der Waals surface area contributed by atoms with Crippen molar-refractivity contribution >= 4 is 16.9 Å². The summed E-state index contributed by atoms with van der Waals surface area (Å²) in [7, 11) is 1.09. The van der Waals surface area contributed by atoms with E-state index in [0.717, 1.165) is 11.6 Å². The van der Waals surface area contributed by atoms with Crippen LogP contribution in [0.1, 0.15) is 21.6 Å². The molecule has 0 bridgehead atoms. The molecular weight excluding hydrogens is 304 g/mol. The molecule has 114 valence electrons. The first kappa shape index (κ1) is 15.2. The zero-order valence-electron chi connectivity index (χ0n) is 10.3. The Morgan fingerprint density at radius 1 is 1.05 bits per heavy atom. The number of aryl methyl sites for hydroxylation is 1. The van der Waals surface area contributed by atoms with Crippen molar-refractivity contribution in [2.45, 2.75) is 12.4 Å². The van der Waals surface area contributed by atoms with Gasteiger partial charge in [-0.1, -0.05) is 0 Å². The molecule has 2 aromatic rings. The van der Waals surface area contributed by atoms with Crippen LogP contribution in [0.2, 0.25) is 0 Å². The molecule has 0 unspecified atom stereocenters. The molecule has 1 heterocycles. The van der Waals surface area contributed by atoms with Crippen molar-refractivity contribution in [3.63, 3.8) is 0 Å². The van der Waals surface area contributed by atoms with Gasteiger partial charge >= 0.3 is 18.3 Å². The first-order valence-electron chi connectivity index (χ1n) is 5.44. The first-order valence-corrected chi connectivity index (χ1v) is 5.44. The summed E-state index contributed by atoms with van der Waals surface area (Å²) in [6, 6.07) is 1.19. The average molecular weight is 311 g/mol. The molecular formula is C12H7F6NO2. The monoisotopic (exact) mass is 311 g/mol. The van der Waals surface area contributed by atoms with Crippen LogP contribution >= 0.6 is 0 Å². The summed E-state index contributed by atoms with van der Waals surface area (Å²) in [5, 5.41) is 8.28. The van der Waals surface area contributed by atoms with Crippen LogP contribution in [0.25, 0.3) is 10.9 Å². The van der Waals surface area contributed by atoms with E-state index >= 15 is 0 Å². The number of fused-ring (bicyclic) bond motifs is 1. The summed E-state index contributed by atoms with van der Waals surface area (Å²) in [4.78, 5) is 10.9. The lowest BCUT2D eigenvalue weighted by Crippen LogP contribution is -2.11. The van der Waals surface area contributed by atoms with Crippen molar-refractivity contribution in [3.05, 3.63) is 35.0 Å². The summed E-state index contributed by atoms with van der Waals surface area (Å²) < 4.78 is 77.6. The Morgan fingerprint density at radius 3 is 2.05 bits per heavy atom. The lowest BCUT2D eigenvalue weighted by Gasteiger charge is -2.13. The minimum atomic E-state index is -5.03. The van der Waals surface area contributed by atoms with Gasteiger partial charge in [-0.15, -0.1) is 0 Å². The maximum absolute atomic E-state index is 12.9. The lowest BCUT2D eigenvalue weighted by atomic mass is 10.0. The molecule has 0 radical (unpaired) electrons. The molecule has 0 saturated heterocycles. The standard InChI is InChI=1S/C12H7F6NO2/c1-19-8-3-5(11(13,14)15)2-7(12(16,17)18)6(8)4-9(19)10(20)21/h2-4H,1H3,(H,20,21). The average Bonchev–Trinajstić information content (AvgIpc) is 2.63. The highest BCUT2D eigenvalue weighted by Gasteiger charge is 2.39. The molecule has 0 aliphatic rings. The van der Waals surface area contributed by atoms with E-state index in [4.69, 9.17) is 5.11 Å². The maximum atomic E-state index is 12.9. The Hall–Kier alpha value is -2.19. The second kappa shape index (κ2) is 4.40. The predicted molar refractivity (Wildman–Crippen MR) is 59.9 cm³/mol. The van der Waals surface area contributed by atoms with E-state index < -0.39 is 46.0 Å². The SMILES string of the molecule is Cn1c(C(=O)O)cc2c(C(F)(F)F)cc(C(F)(F)F)cc21. The molecule has 1 aromatic heterocycles. The highest BCUT2D eigenvalue weighted by molar-refractivity contribution is 5.96. The molecule has 0 spiro atoms. The molecule has 0 aliphatic heterocycles. The number of carboxylic acids is 1. The molecule has 21 heavy (non-hydrogen) atoms. The van der Waals surface area contributed by atoms with Gasteiger partial charge in [0, 0.05) is 18.0 Å². The van der Waals surface area contributed by atoms with E-state index in [1.165, 1.54) is 0 Å². The van der Waals surface area contributed by atoms with Crippen molar-refractivity contribution in [1.29, 1.82) is 0 Å². The molecule has 3 nitrogen and oxygen atoms in total. The van der Waals surface area contributed by atoms with Gasteiger partial charge in [-0.05, 0) is 18.2 Å². The fraction of sp³-hybridized carbons (Fsp3) is 0.250. The summed E-state index contributed by atoms with van der Waals surface area (Å²) in [5.41, 5.74) is -3.99. The predicted octanol–water partition coefficient (Wildman–Crippen LogP) is 3.91. The molecule has 0 atom stereocenters. The highest BCUT2D eigenvalue weighted by atomic mass is 19.4. The Labute approximate surface area is 113 Å². The van der Waals surface area contributed by atoms with Crippen molar-refractivity contribution < 1.29 is 36.2 Å². The number of benzene rings is 1. The third kappa shape index (κ3) is 2.55. The summed E-state index contributed by atoms with van der Waals surface area (Å²) >= 11 is 0. The molecule has 2 rings (SSSR count).